The van der Waals surface area contributed by atoms with Gasteiger partial charge in [-0.2, -0.15) is 0 Å². The molecule has 0 aliphatic heterocycles. The number of rotatable bonds is 8. The average molecular weight is 643 g/mol. The Morgan fingerprint density at radius 2 is 1.57 bits per heavy atom. The maximum absolute atomic E-state index is 13.2. The first kappa shape index (κ1) is 34.5. The van der Waals surface area contributed by atoms with Crippen molar-refractivity contribution in [3.8, 4) is 0 Å². The highest BCUT2D eigenvalue weighted by atomic mass is 16.4. The molecule has 5 nitrogen and oxygen atoms in total. The maximum Gasteiger partial charge on any atom is 0.335 e. The number of hydrogen-bond acceptors (Lipinski definition) is 3. The predicted molar refractivity (Wildman–Crippen MR) is 192 cm³/mol. The minimum Gasteiger partial charge on any atom is -0.478 e. The molecular weight excluding hydrogens is 580 g/mol. The number of benzene rings is 1. The van der Waals surface area contributed by atoms with Crippen LogP contribution in [0.1, 0.15) is 129 Å². The van der Waals surface area contributed by atoms with Crippen LogP contribution in [0.5, 0.6) is 0 Å². The smallest absolute Gasteiger partial charge is 0.335 e. The van der Waals surface area contributed by atoms with Crippen molar-refractivity contribution in [3.63, 3.8) is 0 Å². The Bertz CT molecular complexity index is 1440. The molecule has 0 bridgehead atoms. The van der Waals surface area contributed by atoms with Crippen LogP contribution in [-0.4, -0.2) is 47.1 Å². The van der Waals surface area contributed by atoms with Gasteiger partial charge in [-0.3, -0.25) is 4.79 Å². The summed E-state index contributed by atoms with van der Waals surface area (Å²) in [5.74, 6) is 2.31. The molecule has 0 radical (unpaired) electrons. The van der Waals surface area contributed by atoms with Gasteiger partial charge in [0.25, 0.3) is 0 Å². The van der Waals surface area contributed by atoms with Crippen LogP contribution in [0.3, 0.4) is 0 Å². The number of carbonyl (C=O) groups is 2. The van der Waals surface area contributed by atoms with E-state index in [1.54, 1.807) is 12.1 Å². The largest absolute Gasteiger partial charge is 0.478 e. The normalized spacial score (nSPS) is 40.3. The van der Waals surface area contributed by atoms with E-state index < -0.39 is 5.97 Å². The summed E-state index contributed by atoms with van der Waals surface area (Å²) < 4.78 is 0. The number of allylic oxidation sites excluding steroid dienone is 3. The summed E-state index contributed by atoms with van der Waals surface area (Å²) in [4.78, 5) is 26.7. The number of fused-ring (bicyclic) bond motifs is 7. The number of nitrogens with zero attached hydrogens (tertiary/aromatic N) is 1. The Labute approximate surface area is 285 Å². The van der Waals surface area contributed by atoms with E-state index in [0.29, 0.717) is 41.7 Å². The molecular formula is C42H62N2O3. The fourth-order valence-electron chi connectivity index (χ4n) is 13.3. The summed E-state index contributed by atoms with van der Waals surface area (Å²) in [6, 6.07) is 7.58. The average Bonchev–Trinajstić information content (AvgIpc) is 3.41. The van der Waals surface area contributed by atoms with E-state index in [9.17, 15) is 14.7 Å². The number of amides is 1. The Kier molecular flexibility index (Phi) is 8.71. The number of aromatic carboxylic acids is 1. The number of hydrogen-bond donors (Lipinski definition) is 2. The van der Waals surface area contributed by atoms with Crippen LogP contribution in [0.15, 0.2) is 42.5 Å². The Morgan fingerprint density at radius 3 is 2.19 bits per heavy atom. The standard InChI is InChI=1S/C42H62N2O3/c1-10-44(11-2)35(45)26-43-42-23-18-30(27(3)4)36(42)32-16-17-34-39(7)21-19-31(28-12-14-29(15-13-28)37(46)47)38(5,6)33(39)20-22-41(34,9)40(32,8)24-25-42/h12-15,19,30,32-34,36,43H,3,10-11,16-18,20-26H2,1-2,4-9H3,(H,46,47). The second kappa shape index (κ2) is 11.9. The van der Waals surface area contributed by atoms with Crippen molar-refractivity contribution in [2.45, 2.75) is 119 Å². The summed E-state index contributed by atoms with van der Waals surface area (Å²) in [6.45, 7) is 25.9. The Balaban J connectivity index is 1.31. The van der Waals surface area contributed by atoms with E-state index in [1.165, 1.54) is 55.2 Å². The Morgan fingerprint density at radius 1 is 0.894 bits per heavy atom. The molecule has 5 aliphatic carbocycles. The third kappa shape index (κ3) is 5.02. The zero-order valence-electron chi connectivity index (χ0n) is 30.7. The quantitative estimate of drug-likeness (QED) is 0.277. The van der Waals surface area contributed by atoms with Crippen molar-refractivity contribution in [3.05, 3.63) is 53.6 Å². The zero-order chi connectivity index (χ0) is 34.2. The van der Waals surface area contributed by atoms with Gasteiger partial charge in [-0.1, -0.05) is 65.0 Å². The van der Waals surface area contributed by atoms with Gasteiger partial charge < -0.3 is 15.3 Å². The fraction of sp³-hybridized carbons (Fsp3) is 0.714. The predicted octanol–water partition coefficient (Wildman–Crippen LogP) is 9.25. The lowest BCUT2D eigenvalue weighted by Crippen LogP contribution is -2.68. The monoisotopic (exact) mass is 642 g/mol. The Hall–Kier alpha value is -2.40. The SMILES string of the molecule is C=C(C)C1CCC2(NCC(=O)N(CC)CC)CCC3(C)C(CCC4C5(C)CC=C(c6ccc(C(=O)O)cc6)C(C)(C)C5CCC43C)C12. The van der Waals surface area contributed by atoms with Gasteiger partial charge in [0.2, 0.25) is 5.91 Å². The van der Waals surface area contributed by atoms with Crippen molar-refractivity contribution < 1.29 is 14.7 Å². The molecule has 1 amide bonds. The van der Waals surface area contributed by atoms with Gasteiger partial charge in [0.05, 0.1) is 12.1 Å². The minimum atomic E-state index is -0.868. The molecule has 5 aliphatic rings. The van der Waals surface area contributed by atoms with Gasteiger partial charge in [0.15, 0.2) is 0 Å². The van der Waals surface area contributed by atoms with Crippen LogP contribution < -0.4 is 5.32 Å². The molecule has 6 rings (SSSR count). The topological polar surface area (TPSA) is 69.6 Å². The lowest BCUT2D eigenvalue weighted by molar-refractivity contribution is -0.219. The molecule has 5 heteroatoms. The third-order valence-electron chi connectivity index (χ3n) is 15.8. The van der Waals surface area contributed by atoms with Gasteiger partial charge in [0, 0.05) is 18.6 Å². The van der Waals surface area contributed by atoms with Crippen LogP contribution in [0.4, 0.5) is 0 Å². The lowest BCUT2D eigenvalue weighted by atomic mass is 9.33. The van der Waals surface area contributed by atoms with E-state index in [1.807, 2.05) is 17.0 Å². The minimum absolute atomic E-state index is 0.0103. The highest BCUT2D eigenvalue weighted by molar-refractivity contribution is 5.88. The van der Waals surface area contributed by atoms with Crippen LogP contribution in [-0.2, 0) is 4.79 Å². The summed E-state index contributed by atoms with van der Waals surface area (Å²) in [5.41, 5.74) is 5.03. The molecule has 258 valence electrons. The number of carboxylic acids is 1. The summed E-state index contributed by atoms with van der Waals surface area (Å²) >= 11 is 0. The van der Waals surface area contributed by atoms with Crippen molar-refractivity contribution in [2.24, 2.45) is 51.2 Å². The summed E-state index contributed by atoms with van der Waals surface area (Å²) in [7, 11) is 0. The van der Waals surface area contributed by atoms with E-state index in [0.717, 1.165) is 32.4 Å². The second-order valence-electron chi connectivity index (χ2n) is 17.7. The van der Waals surface area contributed by atoms with Gasteiger partial charge in [-0.15, -0.1) is 0 Å². The second-order valence-corrected chi connectivity index (χ2v) is 17.7. The maximum atomic E-state index is 13.2. The van der Waals surface area contributed by atoms with Crippen LogP contribution in [0, 0.1) is 51.2 Å². The van der Waals surface area contributed by atoms with Crippen LogP contribution in [0.2, 0.25) is 0 Å². The van der Waals surface area contributed by atoms with Crippen LogP contribution in [0.25, 0.3) is 5.57 Å². The van der Waals surface area contributed by atoms with Gasteiger partial charge >= 0.3 is 5.97 Å². The van der Waals surface area contributed by atoms with E-state index in [-0.39, 0.29) is 33.1 Å². The molecule has 2 N–H and O–H groups in total. The zero-order valence-corrected chi connectivity index (χ0v) is 30.7. The van der Waals surface area contributed by atoms with Crippen molar-refractivity contribution in [1.82, 2.24) is 10.2 Å². The molecule has 1 aromatic carbocycles. The molecule has 1 aromatic rings. The van der Waals surface area contributed by atoms with Crippen LogP contribution >= 0.6 is 0 Å². The molecule has 4 saturated carbocycles. The first-order chi connectivity index (χ1) is 22.1. The van der Waals surface area contributed by atoms with E-state index >= 15 is 0 Å². The van der Waals surface area contributed by atoms with E-state index in [4.69, 9.17) is 0 Å². The van der Waals surface area contributed by atoms with Gasteiger partial charge in [-0.25, -0.2) is 4.79 Å². The third-order valence-corrected chi connectivity index (χ3v) is 15.8. The first-order valence-corrected chi connectivity index (χ1v) is 18.8. The molecule has 0 saturated heterocycles. The molecule has 0 heterocycles. The first-order valence-electron chi connectivity index (χ1n) is 18.8. The molecule has 9 unspecified atom stereocenters. The lowest BCUT2D eigenvalue weighted by Gasteiger charge is -2.72. The highest BCUT2D eigenvalue weighted by Crippen LogP contribution is 2.76. The number of carbonyl (C=O) groups excluding carboxylic acids is 1. The fourth-order valence-corrected chi connectivity index (χ4v) is 13.3. The molecule has 9 atom stereocenters. The number of carboxylic acid groups (broad SMARTS) is 1. The van der Waals surface area contributed by atoms with Crippen molar-refractivity contribution >= 4 is 17.4 Å². The molecule has 0 spiro atoms. The highest BCUT2D eigenvalue weighted by Gasteiger charge is 2.70. The summed E-state index contributed by atoms with van der Waals surface area (Å²) in [5, 5.41) is 13.5. The van der Waals surface area contributed by atoms with Gasteiger partial charge in [0.1, 0.15) is 0 Å². The molecule has 4 fully saturated rings. The molecule has 0 aromatic heterocycles. The number of likely N-dealkylation sites (N-methyl/N-ethyl adjacent to an activating group) is 1. The van der Waals surface area contributed by atoms with E-state index in [2.05, 4.69) is 73.4 Å². The van der Waals surface area contributed by atoms with Crippen molar-refractivity contribution in [2.75, 3.05) is 19.6 Å². The molecule has 47 heavy (non-hydrogen) atoms. The van der Waals surface area contributed by atoms with Crippen molar-refractivity contribution in [1.29, 1.82) is 0 Å². The number of nitrogens with one attached hydrogen (secondary N) is 1. The van der Waals surface area contributed by atoms with Gasteiger partial charge in [-0.05, 0) is 153 Å². The summed E-state index contributed by atoms with van der Waals surface area (Å²) in [6.07, 6.45) is 13.4.